The molecule has 1 saturated heterocycles. The molecule has 1 fully saturated rings. The van der Waals surface area contributed by atoms with Gasteiger partial charge in [0.2, 0.25) is 15.7 Å². The normalized spacial score (nSPS) is 19.9. The summed E-state index contributed by atoms with van der Waals surface area (Å²) < 4.78 is 24.2. The summed E-state index contributed by atoms with van der Waals surface area (Å²) in [5.41, 5.74) is 1.01. The lowest BCUT2D eigenvalue weighted by Crippen LogP contribution is -2.57. The van der Waals surface area contributed by atoms with Crippen molar-refractivity contribution in [1.29, 1.82) is 0 Å². The van der Waals surface area contributed by atoms with E-state index in [1.54, 1.807) is 32.0 Å². The van der Waals surface area contributed by atoms with Crippen LogP contribution in [0.25, 0.3) is 0 Å². The highest BCUT2D eigenvalue weighted by Crippen LogP contribution is 2.41. The van der Waals surface area contributed by atoms with Crippen molar-refractivity contribution < 1.29 is 23.1 Å². The Balaban J connectivity index is 1.59. The molecule has 0 aliphatic carbocycles. The summed E-state index contributed by atoms with van der Waals surface area (Å²) in [7, 11) is -3.75. The van der Waals surface area contributed by atoms with Gasteiger partial charge in [0.05, 0.1) is 4.90 Å². The van der Waals surface area contributed by atoms with Gasteiger partial charge in [-0.05, 0) is 43.8 Å². The first-order chi connectivity index (χ1) is 16.5. The minimum Gasteiger partial charge on any atom is -0.480 e. The molecule has 9 nitrogen and oxygen atoms in total. The topological polar surface area (TPSA) is 137 Å². The zero-order valence-corrected chi connectivity index (χ0v) is 21.7. The van der Waals surface area contributed by atoms with Gasteiger partial charge in [0.1, 0.15) is 12.1 Å². The first-order valence-electron chi connectivity index (χ1n) is 10.8. The summed E-state index contributed by atoms with van der Waals surface area (Å²) in [6, 6.07) is 15.3. The van der Waals surface area contributed by atoms with Crippen molar-refractivity contribution in [3.63, 3.8) is 0 Å². The summed E-state index contributed by atoms with van der Waals surface area (Å²) in [6.07, 6.45) is 0. The molecule has 188 valence electrons. The molecule has 1 heterocycles. The summed E-state index contributed by atoms with van der Waals surface area (Å²) in [5, 5.41) is 21.0. The van der Waals surface area contributed by atoms with Gasteiger partial charge in [0.15, 0.2) is 9.82 Å². The third-order valence-corrected chi connectivity index (χ3v) is 9.56. The Morgan fingerprint density at radius 1 is 1.09 bits per heavy atom. The molecule has 3 rings (SSSR count). The van der Waals surface area contributed by atoms with E-state index < -0.39 is 43.3 Å². The number of hydrogen-bond acceptors (Lipinski definition) is 7. The van der Waals surface area contributed by atoms with Gasteiger partial charge >= 0.3 is 5.97 Å². The number of carbonyl (C=O) groups excluding carboxylic acids is 1. The van der Waals surface area contributed by atoms with Crippen molar-refractivity contribution in [3.05, 3.63) is 66.2 Å². The van der Waals surface area contributed by atoms with Crippen LogP contribution in [0.5, 0.6) is 0 Å². The lowest BCUT2D eigenvalue weighted by Gasteiger charge is -2.26. The first-order valence-corrected chi connectivity index (χ1v) is 13.7. The minimum atomic E-state index is -3.75. The number of thiocarbonyl (C=S) groups is 1. The Bertz CT molecular complexity index is 1160. The third kappa shape index (κ3) is 6.94. The van der Waals surface area contributed by atoms with Gasteiger partial charge in [-0.1, -0.05) is 48.5 Å². The molecule has 2 aromatic carbocycles. The minimum absolute atomic E-state index is 0.144. The Morgan fingerprint density at radius 2 is 1.69 bits per heavy atom. The molecule has 0 bridgehead atoms. The molecule has 12 heteroatoms. The second-order valence-corrected chi connectivity index (χ2v) is 13.0. The second-order valence-electron chi connectivity index (χ2n) is 8.46. The number of aliphatic carboxylic acids is 1. The van der Waals surface area contributed by atoms with Crippen molar-refractivity contribution in [2.24, 2.45) is 0 Å². The highest BCUT2D eigenvalue weighted by atomic mass is 32.3. The number of nitrogens with one attached hydrogen (secondary N) is 4. The second kappa shape index (κ2) is 11.4. The van der Waals surface area contributed by atoms with Crippen LogP contribution in [0, 0.1) is 0 Å². The molecular weight excluding hydrogens is 508 g/mol. The third-order valence-electron chi connectivity index (χ3n) is 5.40. The number of amides is 1. The number of carbonyl (C=O) groups is 2. The lowest BCUT2D eigenvalue weighted by atomic mass is 10.0. The van der Waals surface area contributed by atoms with Gasteiger partial charge in [-0.15, -0.1) is 11.8 Å². The zero-order valence-electron chi connectivity index (χ0n) is 19.2. The van der Waals surface area contributed by atoms with Crippen LogP contribution in [0.1, 0.15) is 19.4 Å². The van der Waals surface area contributed by atoms with Gasteiger partial charge in [0, 0.05) is 17.8 Å². The van der Waals surface area contributed by atoms with Crippen LogP contribution in [-0.2, 0) is 26.0 Å². The molecule has 1 amide bonds. The van der Waals surface area contributed by atoms with Crippen LogP contribution in [0.15, 0.2) is 65.6 Å². The predicted molar refractivity (Wildman–Crippen MR) is 139 cm³/mol. The summed E-state index contributed by atoms with van der Waals surface area (Å²) >= 11 is 6.32. The molecule has 5 N–H and O–H groups in total. The molecule has 2 aromatic rings. The highest BCUT2D eigenvalue weighted by Gasteiger charge is 2.50. The van der Waals surface area contributed by atoms with Gasteiger partial charge in [-0.25, -0.2) is 13.2 Å². The van der Waals surface area contributed by atoms with Gasteiger partial charge in [0.25, 0.3) is 0 Å². The fraction of sp³-hybridized carbons (Fsp3) is 0.348. The first kappa shape index (κ1) is 26.9. The highest BCUT2D eigenvalue weighted by molar-refractivity contribution is 8.14. The van der Waals surface area contributed by atoms with E-state index in [4.69, 9.17) is 12.2 Å². The molecule has 3 unspecified atom stereocenters. The van der Waals surface area contributed by atoms with Crippen LogP contribution in [-0.4, -0.2) is 58.6 Å². The molecule has 3 atom stereocenters. The van der Waals surface area contributed by atoms with E-state index in [2.05, 4.69) is 21.3 Å². The van der Waals surface area contributed by atoms with E-state index in [1.807, 2.05) is 30.3 Å². The van der Waals surface area contributed by atoms with E-state index in [-0.39, 0.29) is 16.6 Å². The number of hydrogen-bond donors (Lipinski definition) is 5. The monoisotopic (exact) mass is 536 g/mol. The number of rotatable bonds is 9. The van der Waals surface area contributed by atoms with Crippen molar-refractivity contribution in [2.75, 3.05) is 6.54 Å². The Labute approximate surface area is 214 Å². The predicted octanol–water partition coefficient (Wildman–Crippen LogP) is 1.46. The molecule has 35 heavy (non-hydrogen) atoms. The quantitative estimate of drug-likeness (QED) is 0.300. The van der Waals surface area contributed by atoms with Crippen LogP contribution in [0.4, 0.5) is 0 Å². The summed E-state index contributed by atoms with van der Waals surface area (Å²) in [4.78, 5) is 24.9. The van der Waals surface area contributed by atoms with Crippen molar-refractivity contribution in [2.45, 2.75) is 46.8 Å². The molecule has 1 aliphatic rings. The molecule has 0 radical (unpaired) electrons. The molecule has 0 aromatic heterocycles. The number of carboxylic acids is 1. The smallest absolute Gasteiger partial charge is 0.328 e. The number of thioether (sulfide) groups is 1. The Kier molecular flexibility index (Phi) is 8.75. The summed E-state index contributed by atoms with van der Waals surface area (Å²) in [5.74, 6) is -1.85. The zero-order chi connectivity index (χ0) is 25.6. The fourth-order valence-electron chi connectivity index (χ4n) is 3.48. The van der Waals surface area contributed by atoms with E-state index in [9.17, 15) is 23.1 Å². The maximum Gasteiger partial charge on any atom is 0.328 e. The van der Waals surface area contributed by atoms with Crippen molar-refractivity contribution in [3.8, 4) is 0 Å². The van der Waals surface area contributed by atoms with Crippen LogP contribution in [0.2, 0.25) is 0 Å². The van der Waals surface area contributed by atoms with Crippen LogP contribution < -0.4 is 21.3 Å². The number of sulfone groups is 1. The van der Waals surface area contributed by atoms with Crippen LogP contribution in [0.3, 0.4) is 0 Å². The van der Waals surface area contributed by atoms with Crippen molar-refractivity contribution in [1.82, 2.24) is 21.3 Å². The maximum absolute atomic E-state index is 13.0. The van der Waals surface area contributed by atoms with E-state index in [1.165, 1.54) is 12.1 Å². The average Bonchev–Trinajstić information content (AvgIpc) is 3.17. The molecule has 0 spiro atoms. The molecule has 0 saturated carbocycles. The fourth-order valence-corrected chi connectivity index (χ4v) is 7.39. The van der Waals surface area contributed by atoms with Crippen LogP contribution >= 0.6 is 24.0 Å². The maximum atomic E-state index is 13.0. The largest absolute Gasteiger partial charge is 0.480 e. The summed E-state index contributed by atoms with van der Waals surface area (Å²) in [6.45, 7) is 3.80. The van der Waals surface area contributed by atoms with Gasteiger partial charge < -0.3 is 21.1 Å². The number of benzene rings is 2. The number of carboxylic acid groups (broad SMARTS) is 1. The van der Waals surface area contributed by atoms with E-state index in [0.717, 1.165) is 17.3 Å². The average molecular weight is 537 g/mol. The SMILES string of the molecule is CC1(C)SC(S(=O)(=O)c2ccccc2)NC1C(=O)NC(CNC(=S)NCc1ccccc1)C(=O)O. The lowest BCUT2D eigenvalue weighted by molar-refractivity contribution is -0.142. The van der Waals surface area contributed by atoms with Gasteiger partial charge in [-0.2, -0.15) is 0 Å². The Morgan fingerprint density at radius 3 is 2.29 bits per heavy atom. The van der Waals surface area contributed by atoms with E-state index >= 15 is 0 Å². The Hall–Kier alpha value is -2.67. The van der Waals surface area contributed by atoms with Crippen molar-refractivity contribution >= 4 is 50.8 Å². The standard InChI is InChI=1S/C23H28N4O5S3/c1-23(2)18(27-22(34-23)35(31,32)16-11-7-4-8-12-16)19(28)26-17(20(29)30)14-25-21(33)24-13-15-9-5-3-6-10-15/h3-12,17-18,22,27H,13-14H2,1-2H3,(H,26,28)(H,29,30)(H2,24,25,33). The van der Waals surface area contributed by atoms with Gasteiger partial charge in [-0.3, -0.25) is 10.1 Å². The van der Waals surface area contributed by atoms with E-state index in [0.29, 0.717) is 6.54 Å². The molecule has 1 aliphatic heterocycles. The molecular formula is C23H28N4O5S3.